The minimum Gasteiger partial charge on any atom is -0.495 e. The summed E-state index contributed by atoms with van der Waals surface area (Å²) in [6.07, 6.45) is 0. The van der Waals surface area contributed by atoms with Crippen LogP contribution in [0.1, 0.15) is 5.56 Å². The number of halogens is 2. The second kappa shape index (κ2) is 6.43. The van der Waals surface area contributed by atoms with Crippen LogP contribution in [-0.4, -0.2) is 12.1 Å². The van der Waals surface area contributed by atoms with Crippen LogP contribution < -0.4 is 15.8 Å². The summed E-state index contributed by atoms with van der Waals surface area (Å²) in [4.78, 5) is 0.327. The average molecular weight is 372 g/mol. The van der Waals surface area contributed by atoms with Gasteiger partial charge in [-0.05, 0) is 36.4 Å². The van der Waals surface area contributed by atoms with Gasteiger partial charge in [0, 0.05) is 21.4 Å². The van der Waals surface area contributed by atoms with Crippen molar-refractivity contribution in [1.82, 2.24) is 0 Å². The van der Waals surface area contributed by atoms with Crippen molar-refractivity contribution >= 4 is 56.1 Å². The van der Waals surface area contributed by atoms with Crippen LogP contribution in [0.5, 0.6) is 5.75 Å². The van der Waals surface area contributed by atoms with Crippen LogP contribution in [0, 0.1) is 0 Å². The molecule has 0 spiro atoms. The first-order chi connectivity index (χ1) is 9.51. The number of hydrogen-bond acceptors (Lipinski definition) is 3. The van der Waals surface area contributed by atoms with Gasteiger partial charge in [-0.15, -0.1) is 0 Å². The van der Waals surface area contributed by atoms with Crippen molar-refractivity contribution in [3.05, 3.63) is 51.5 Å². The van der Waals surface area contributed by atoms with Gasteiger partial charge in [0.1, 0.15) is 10.7 Å². The summed E-state index contributed by atoms with van der Waals surface area (Å²) in [6, 6.07) is 11.1. The standard InChI is InChI=1S/C14H12BrClN2OS/c1-19-13-5-3-9(7-11(13)16)18-12-4-2-8(15)6-10(12)14(17)20/h2-7,18H,1H3,(H2,17,20). The van der Waals surface area contributed by atoms with Crippen molar-refractivity contribution < 1.29 is 4.74 Å². The van der Waals surface area contributed by atoms with Crippen LogP contribution >= 0.6 is 39.7 Å². The first kappa shape index (κ1) is 15.1. The Labute approximate surface area is 136 Å². The van der Waals surface area contributed by atoms with Crippen LogP contribution in [-0.2, 0) is 0 Å². The van der Waals surface area contributed by atoms with Gasteiger partial charge in [0.15, 0.2) is 0 Å². The van der Waals surface area contributed by atoms with Crippen LogP contribution in [0.4, 0.5) is 11.4 Å². The van der Waals surface area contributed by atoms with Gasteiger partial charge in [0.05, 0.1) is 12.1 Å². The largest absolute Gasteiger partial charge is 0.495 e. The van der Waals surface area contributed by atoms with E-state index < -0.39 is 0 Å². The number of rotatable bonds is 4. The number of hydrogen-bond donors (Lipinski definition) is 2. The number of thiocarbonyl (C=S) groups is 1. The Morgan fingerprint density at radius 1 is 1.30 bits per heavy atom. The number of nitrogens with one attached hydrogen (secondary N) is 1. The van der Waals surface area contributed by atoms with E-state index >= 15 is 0 Å². The van der Waals surface area contributed by atoms with E-state index in [0.717, 1.165) is 21.4 Å². The fraction of sp³-hybridized carbons (Fsp3) is 0.0714. The minimum absolute atomic E-state index is 0.327. The zero-order valence-corrected chi connectivity index (χ0v) is 13.8. The summed E-state index contributed by atoms with van der Waals surface area (Å²) in [7, 11) is 1.58. The van der Waals surface area contributed by atoms with E-state index in [1.54, 1.807) is 19.2 Å². The SMILES string of the molecule is COc1ccc(Nc2ccc(Br)cc2C(N)=S)cc1Cl. The third kappa shape index (κ3) is 3.42. The molecule has 0 heterocycles. The highest BCUT2D eigenvalue weighted by Gasteiger charge is 2.08. The van der Waals surface area contributed by atoms with E-state index in [-0.39, 0.29) is 0 Å². The third-order valence-corrected chi connectivity index (χ3v) is 3.69. The minimum atomic E-state index is 0.327. The lowest BCUT2D eigenvalue weighted by molar-refractivity contribution is 0.415. The van der Waals surface area contributed by atoms with Crippen molar-refractivity contribution in [1.29, 1.82) is 0 Å². The molecule has 0 bridgehead atoms. The highest BCUT2D eigenvalue weighted by molar-refractivity contribution is 9.10. The number of methoxy groups -OCH3 is 1. The lowest BCUT2D eigenvalue weighted by atomic mass is 10.1. The molecule has 0 fully saturated rings. The molecule has 0 aliphatic carbocycles. The molecule has 2 rings (SSSR count). The lowest BCUT2D eigenvalue weighted by Crippen LogP contribution is -2.12. The van der Waals surface area contributed by atoms with E-state index in [0.29, 0.717) is 15.8 Å². The number of anilines is 2. The molecule has 0 radical (unpaired) electrons. The Morgan fingerprint density at radius 3 is 2.65 bits per heavy atom. The molecule has 0 aliphatic heterocycles. The Kier molecular flexibility index (Phi) is 4.86. The van der Waals surface area contributed by atoms with Gasteiger partial charge in [-0.3, -0.25) is 0 Å². The molecule has 0 saturated carbocycles. The maximum absolute atomic E-state index is 6.10. The van der Waals surface area contributed by atoms with E-state index in [1.807, 2.05) is 24.3 Å². The van der Waals surface area contributed by atoms with Gasteiger partial charge in [-0.25, -0.2) is 0 Å². The third-order valence-electron chi connectivity index (χ3n) is 2.68. The van der Waals surface area contributed by atoms with Gasteiger partial charge in [0.25, 0.3) is 0 Å². The van der Waals surface area contributed by atoms with Gasteiger partial charge < -0.3 is 15.8 Å². The average Bonchev–Trinajstić information content (AvgIpc) is 2.41. The summed E-state index contributed by atoms with van der Waals surface area (Å²) < 4.78 is 6.04. The molecule has 3 N–H and O–H groups in total. The Morgan fingerprint density at radius 2 is 2.05 bits per heavy atom. The molecule has 6 heteroatoms. The summed E-state index contributed by atoms with van der Waals surface area (Å²) in [5.41, 5.74) is 8.15. The molecule has 2 aromatic carbocycles. The normalized spacial score (nSPS) is 10.2. The fourth-order valence-corrected chi connectivity index (χ4v) is 2.52. The molecule has 0 saturated heterocycles. The van der Waals surface area contributed by atoms with Crippen LogP contribution in [0.3, 0.4) is 0 Å². The molecule has 0 amide bonds. The summed E-state index contributed by atoms with van der Waals surface area (Å²) in [6.45, 7) is 0. The topological polar surface area (TPSA) is 47.3 Å². The van der Waals surface area contributed by atoms with E-state index in [2.05, 4.69) is 21.2 Å². The van der Waals surface area contributed by atoms with Crippen molar-refractivity contribution in [2.24, 2.45) is 5.73 Å². The predicted molar refractivity (Wildman–Crippen MR) is 91.3 cm³/mol. The van der Waals surface area contributed by atoms with Crippen LogP contribution in [0.2, 0.25) is 5.02 Å². The summed E-state index contributed by atoms with van der Waals surface area (Å²) in [5, 5.41) is 3.78. The molecule has 0 unspecified atom stereocenters. The maximum Gasteiger partial charge on any atom is 0.137 e. The molecule has 104 valence electrons. The number of benzene rings is 2. The number of ether oxygens (including phenoxy) is 1. The number of nitrogens with two attached hydrogens (primary N) is 1. The van der Waals surface area contributed by atoms with E-state index in [9.17, 15) is 0 Å². The van der Waals surface area contributed by atoms with E-state index in [4.69, 9.17) is 34.3 Å². The van der Waals surface area contributed by atoms with Crippen LogP contribution in [0.25, 0.3) is 0 Å². The molecule has 0 aliphatic rings. The Balaban J connectivity index is 2.35. The van der Waals surface area contributed by atoms with Crippen molar-refractivity contribution in [3.8, 4) is 5.75 Å². The molecule has 0 aromatic heterocycles. The van der Waals surface area contributed by atoms with Crippen LogP contribution in [0.15, 0.2) is 40.9 Å². The highest BCUT2D eigenvalue weighted by atomic mass is 79.9. The maximum atomic E-state index is 6.10. The quantitative estimate of drug-likeness (QED) is 0.777. The smallest absolute Gasteiger partial charge is 0.137 e. The first-order valence-electron chi connectivity index (χ1n) is 5.71. The fourth-order valence-electron chi connectivity index (χ4n) is 1.73. The molecular weight excluding hydrogens is 360 g/mol. The molecule has 3 nitrogen and oxygen atoms in total. The molecule has 2 aromatic rings. The van der Waals surface area contributed by atoms with Crippen molar-refractivity contribution in [2.45, 2.75) is 0 Å². The summed E-state index contributed by atoms with van der Waals surface area (Å²) in [5.74, 6) is 0.627. The molecular formula is C14H12BrClN2OS. The second-order valence-electron chi connectivity index (χ2n) is 4.03. The predicted octanol–water partition coefficient (Wildman–Crippen LogP) is 4.49. The Bertz CT molecular complexity index is 664. The first-order valence-corrected chi connectivity index (χ1v) is 7.29. The van der Waals surface area contributed by atoms with Gasteiger partial charge in [-0.1, -0.05) is 39.7 Å². The lowest BCUT2D eigenvalue weighted by Gasteiger charge is -2.13. The van der Waals surface area contributed by atoms with E-state index in [1.165, 1.54) is 0 Å². The van der Waals surface area contributed by atoms with Crippen molar-refractivity contribution in [2.75, 3.05) is 12.4 Å². The van der Waals surface area contributed by atoms with Crippen molar-refractivity contribution in [3.63, 3.8) is 0 Å². The molecule has 0 atom stereocenters. The Hall–Kier alpha value is -1.30. The molecule has 20 heavy (non-hydrogen) atoms. The van der Waals surface area contributed by atoms with Gasteiger partial charge >= 0.3 is 0 Å². The zero-order valence-electron chi connectivity index (χ0n) is 10.6. The highest BCUT2D eigenvalue weighted by Crippen LogP contribution is 2.30. The van der Waals surface area contributed by atoms with Gasteiger partial charge in [-0.2, -0.15) is 0 Å². The summed E-state index contributed by atoms with van der Waals surface area (Å²) >= 11 is 14.6. The second-order valence-corrected chi connectivity index (χ2v) is 5.79. The zero-order chi connectivity index (χ0) is 14.7. The monoisotopic (exact) mass is 370 g/mol. The van der Waals surface area contributed by atoms with Gasteiger partial charge in [0.2, 0.25) is 0 Å².